The van der Waals surface area contributed by atoms with Crippen LogP contribution in [-0.4, -0.2) is 25.2 Å². The second kappa shape index (κ2) is 7.69. The van der Waals surface area contributed by atoms with Gasteiger partial charge >= 0.3 is 11.9 Å². The van der Waals surface area contributed by atoms with Gasteiger partial charge in [-0.1, -0.05) is 6.92 Å². The predicted molar refractivity (Wildman–Crippen MR) is 56.2 cm³/mol. The van der Waals surface area contributed by atoms with Gasteiger partial charge in [-0.15, -0.1) is 0 Å². The van der Waals surface area contributed by atoms with Gasteiger partial charge in [0, 0.05) is 0 Å². The van der Waals surface area contributed by atoms with Crippen LogP contribution in [0.3, 0.4) is 0 Å². The molecule has 0 radical (unpaired) electrons. The third kappa shape index (κ3) is 4.78. The predicted octanol–water partition coefficient (Wildman–Crippen LogP) is 1.28. The van der Waals surface area contributed by atoms with Crippen molar-refractivity contribution in [3.63, 3.8) is 0 Å². The van der Waals surface area contributed by atoms with E-state index >= 15 is 0 Å². The summed E-state index contributed by atoms with van der Waals surface area (Å²) in [4.78, 5) is 22.5. The normalized spacial score (nSPS) is 13.4. The first kappa shape index (κ1) is 14.4. The molecular formula is C11H17NO4. The molecular weight excluding hydrogens is 210 g/mol. The molecule has 0 bridgehead atoms. The molecule has 0 saturated carbocycles. The highest BCUT2D eigenvalue weighted by atomic mass is 16.5. The summed E-state index contributed by atoms with van der Waals surface area (Å²) in [7, 11) is 0. The fraction of sp³-hybridized carbons (Fsp3) is 0.727. The van der Waals surface area contributed by atoms with Gasteiger partial charge in [0.05, 0.1) is 37.5 Å². The van der Waals surface area contributed by atoms with Crippen LogP contribution in [0.2, 0.25) is 0 Å². The number of hydrogen-bond acceptors (Lipinski definition) is 5. The smallest absolute Gasteiger partial charge is 0.309 e. The lowest BCUT2D eigenvalue weighted by molar-refractivity contribution is -0.150. The van der Waals surface area contributed by atoms with Crippen molar-refractivity contribution in [2.45, 2.75) is 27.2 Å². The molecule has 0 aliphatic carbocycles. The summed E-state index contributed by atoms with van der Waals surface area (Å²) < 4.78 is 9.51. The van der Waals surface area contributed by atoms with Gasteiger partial charge in [0.2, 0.25) is 0 Å². The van der Waals surface area contributed by atoms with Crippen molar-refractivity contribution in [1.29, 1.82) is 5.26 Å². The van der Waals surface area contributed by atoms with Crippen LogP contribution in [0, 0.1) is 23.2 Å². The summed E-state index contributed by atoms with van der Waals surface area (Å²) in [6.07, 6.45) is -0.0790. The Hall–Kier alpha value is -1.57. The van der Waals surface area contributed by atoms with Crippen LogP contribution >= 0.6 is 0 Å². The number of nitrogens with zero attached hydrogens (tertiary/aromatic N) is 1. The Bertz CT molecular complexity index is 282. The maximum absolute atomic E-state index is 11.4. The minimum absolute atomic E-state index is 0.0790. The lowest BCUT2D eigenvalue weighted by Gasteiger charge is -2.15. The van der Waals surface area contributed by atoms with Crippen LogP contribution < -0.4 is 0 Å². The number of esters is 2. The monoisotopic (exact) mass is 227 g/mol. The van der Waals surface area contributed by atoms with E-state index in [-0.39, 0.29) is 19.6 Å². The van der Waals surface area contributed by atoms with E-state index < -0.39 is 23.8 Å². The lowest BCUT2D eigenvalue weighted by atomic mass is 9.92. The quantitative estimate of drug-likeness (QED) is 0.639. The van der Waals surface area contributed by atoms with E-state index in [1.54, 1.807) is 20.8 Å². The zero-order valence-electron chi connectivity index (χ0n) is 9.86. The standard InChI is InChI=1S/C11H17NO4/c1-4-15-10(13)6-9(7-12)8(3)11(14)16-5-2/h8-9H,4-6H2,1-3H3/t8-,9-/m0/s1. The Morgan fingerprint density at radius 1 is 1.25 bits per heavy atom. The second-order valence-electron chi connectivity index (χ2n) is 3.29. The topological polar surface area (TPSA) is 76.4 Å². The van der Waals surface area contributed by atoms with Crippen LogP contribution in [0.4, 0.5) is 0 Å². The van der Waals surface area contributed by atoms with Crippen LogP contribution in [0.25, 0.3) is 0 Å². The molecule has 90 valence electrons. The molecule has 5 nitrogen and oxygen atoms in total. The minimum atomic E-state index is -0.696. The summed E-state index contributed by atoms with van der Waals surface area (Å²) in [5.41, 5.74) is 0. The Labute approximate surface area is 95.3 Å². The van der Waals surface area contributed by atoms with Crippen molar-refractivity contribution in [3.05, 3.63) is 0 Å². The van der Waals surface area contributed by atoms with Gasteiger partial charge in [0.25, 0.3) is 0 Å². The third-order valence-electron chi connectivity index (χ3n) is 2.12. The lowest BCUT2D eigenvalue weighted by Crippen LogP contribution is -2.25. The van der Waals surface area contributed by atoms with E-state index in [1.165, 1.54) is 0 Å². The van der Waals surface area contributed by atoms with Gasteiger partial charge in [0.1, 0.15) is 0 Å². The summed E-state index contributed by atoms with van der Waals surface area (Å²) in [6.45, 7) is 5.49. The van der Waals surface area contributed by atoms with E-state index in [4.69, 9.17) is 14.7 Å². The molecule has 0 N–H and O–H groups in total. The Morgan fingerprint density at radius 3 is 2.25 bits per heavy atom. The maximum Gasteiger partial charge on any atom is 0.309 e. The highest BCUT2D eigenvalue weighted by molar-refractivity contribution is 5.75. The number of rotatable bonds is 6. The largest absolute Gasteiger partial charge is 0.466 e. The molecule has 0 aromatic rings. The number of nitriles is 1. The molecule has 0 aliphatic rings. The van der Waals surface area contributed by atoms with E-state index in [2.05, 4.69) is 0 Å². The summed E-state index contributed by atoms with van der Waals surface area (Å²) in [5.74, 6) is -2.24. The van der Waals surface area contributed by atoms with Crippen LogP contribution in [0.15, 0.2) is 0 Å². The molecule has 0 unspecified atom stereocenters. The van der Waals surface area contributed by atoms with E-state index in [0.29, 0.717) is 0 Å². The van der Waals surface area contributed by atoms with Gasteiger partial charge in [-0.05, 0) is 13.8 Å². The zero-order valence-corrected chi connectivity index (χ0v) is 9.86. The summed E-state index contributed by atoms with van der Waals surface area (Å²) in [5, 5.41) is 8.87. The molecule has 0 aromatic heterocycles. The van der Waals surface area contributed by atoms with Crippen LogP contribution in [-0.2, 0) is 19.1 Å². The second-order valence-corrected chi connectivity index (χ2v) is 3.29. The number of carbonyl (C=O) groups is 2. The molecule has 0 amide bonds. The van der Waals surface area contributed by atoms with Crippen molar-refractivity contribution in [1.82, 2.24) is 0 Å². The van der Waals surface area contributed by atoms with Gasteiger partial charge in [-0.2, -0.15) is 5.26 Å². The molecule has 0 rings (SSSR count). The molecule has 0 spiro atoms. The molecule has 0 aliphatic heterocycles. The fourth-order valence-corrected chi connectivity index (χ4v) is 1.17. The average Bonchev–Trinajstić information content (AvgIpc) is 2.25. The first-order chi connectivity index (χ1) is 7.56. The van der Waals surface area contributed by atoms with E-state index in [9.17, 15) is 9.59 Å². The molecule has 0 fully saturated rings. The van der Waals surface area contributed by atoms with Gasteiger partial charge in [-0.3, -0.25) is 9.59 Å². The number of carbonyl (C=O) groups excluding carboxylic acids is 2. The Kier molecular flexibility index (Phi) is 6.93. The first-order valence-electron chi connectivity index (χ1n) is 5.28. The molecule has 16 heavy (non-hydrogen) atoms. The fourth-order valence-electron chi connectivity index (χ4n) is 1.17. The van der Waals surface area contributed by atoms with Crippen molar-refractivity contribution in [2.24, 2.45) is 11.8 Å². The summed E-state index contributed by atoms with van der Waals surface area (Å²) in [6, 6.07) is 1.93. The van der Waals surface area contributed by atoms with Crippen molar-refractivity contribution in [2.75, 3.05) is 13.2 Å². The third-order valence-corrected chi connectivity index (χ3v) is 2.12. The molecule has 0 heterocycles. The van der Waals surface area contributed by atoms with Crippen LogP contribution in [0.1, 0.15) is 27.2 Å². The molecule has 0 aromatic carbocycles. The molecule has 2 atom stereocenters. The van der Waals surface area contributed by atoms with Crippen molar-refractivity contribution >= 4 is 11.9 Å². The van der Waals surface area contributed by atoms with Crippen molar-refractivity contribution in [3.8, 4) is 6.07 Å². The van der Waals surface area contributed by atoms with Crippen molar-refractivity contribution < 1.29 is 19.1 Å². The first-order valence-corrected chi connectivity index (χ1v) is 5.28. The van der Waals surface area contributed by atoms with E-state index in [0.717, 1.165) is 0 Å². The molecule has 0 saturated heterocycles. The maximum atomic E-state index is 11.4. The Balaban J connectivity index is 4.33. The average molecular weight is 227 g/mol. The van der Waals surface area contributed by atoms with E-state index in [1.807, 2.05) is 6.07 Å². The van der Waals surface area contributed by atoms with Crippen LogP contribution in [0.5, 0.6) is 0 Å². The molecule has 5 heteroatoms. The van der Waals surface area contributed by atoms with Gasteiger partial charge in [-0.25, -0.2) is 0 Å². The Morgan fingerprint density at radius 2 is 1.81 bits per heavy atom. The zero-order chi connectivity index (χ0) is 12.6. The van der Waals surface area contributed by atoms with Gasteiger partial charge < -0.3 is 9.47 Å². The SMILES string of the molecule is CCOC(=O)C[C@@H](C#N)[C@H](C)C(=O)OCC. The minimum Gasteiger partial charge on any atom is -0.466 e. The highest BCUT2D eigenvalue weighted by Crippen LogP contribution is 2.17. The summed E-state index contributed by atoms with van der Waals surface area (Å²) >= 11 is 0. The number of ether oxygens (including phenoxy) is 2. The van der Waals surface area contributed by atoms with Gasteiger partial charge in [0.15, 0.2) is 0 Å². The highest BCUT2D eigenvalue weighted by Gasteiger charge is 2.27. The number of hydrogen-bond donors (Lipinski definition) is 0.